The smallest absolute Gasteiger partial charge is 0.160 e. The third-order valence-electron chi connectivity index (χ3n) is 9.59. The number of nitrogens with zero attached hydrogens (tertiary/aromatic N) is 3. The average molecular weight is 640 g/mol. The second-order valence-corrected chi connectivity index (χ2v) is 12.7. The van der Waals surface area contributed by atoms with Crippen molar-refractivity contribution in [2.24, 2.45) is 0 Å². The normalized spacial score (nSPS) is 11.6. The molecule has 3 heterocycles. The van der Waals surface area contributed by atoms with E-state index >= 15 is 0 Å². The van der Waals surface area contributed by atoms with Gasteiger partial charge < -0.3 is 8.98 Å². The van der Waals surface area contributed by atoms with Gasteiger partial charge in [0.1, 0.15) is 11.3 Å². The lowest BCUT2D eigenvalue weighted by Gasteiger charge is -2.10. The Kier molecular flexibility index (Phi) is 6.46. The molecule has 0 spiro atoms. The van der Waals surface area contributed by atoms with Gasteiger partial charge in [-0.25, -0.2) is 9.97 Å². The summed E-state index contributed by atoms with van der Waals surface area (Å²) in [5.74, 6) is 1.36. The summed E-state index contributed by atoms with van der Waals surface area (Å²) in [5, 5.41) is 5.72. The van der Waals surface area contributed by atoms with Gasteiger partial charge in [0.05, 0.1) is 16.7 Å². The largest absolute Gasteiger partial charge is 0.454 e. The van der Waals surface area contributed by atoms with E-state index in [9.17, 15) is 0 Å². The van der Waals surface area contributed by atoms with Gasteiger partial charge in [0.2, 0.25) is 0 Å². The first-order valence-electron chi connectivity index (χ1n) is 16.8. The highest BCUT2D eigenvalue weighted by molar-refractivity contribution is 6.10. The topological polar surface area (TPSA) is 43.9 Å². The molecule has 7 aromatic carbocycles. The van der Waals surface area contributed by atoms with E-state index < -0.39 is 0 Å². The van der Waals surface area contributed by atoms with E-state index in [1.165, 1.54) is 21.9 Å². The van der Waals surface area contributed by atoms with Crippen molar-refractivity contribution in [2.45, 2.75) is 0 Å². The van der Waals surface area contributed by atoms with Gasteiger partial charge >= 0.3 is 0 Å². The molecule has 4 heteroatoms. The summed E-state index contributed by atoms with van der Waals surface area (Å²) < 4.78 is 8.67. The summed E-state index contributed by atoms with van der Waals surface area (Å²) in [5.41, 5.74) is 10.2. The Morgan fingerprint density at radius 3 is 1.90 bits per heavy atom. The fourth-order valence-corrected chi connectivity index (χ4v) is 7.14. The highest BCUT2D eigenvalue weighted by Gasteiger charge is 2.17. The van der Waals surface area contributed by atoms with Crippen LogP contribution in [0.4, 0.5) is 0 Å². The van der Waals surface area contributed by atoms with Gasteiger partial charge in [-0.2, -0.15) is 0 Å². The minimum Gasteiger partial charge on any atom is -0.454 e. The standard InChI is InChI=1S/C46H29N3O/c1-3-11-30(12-4-1)31-19-20-33-26-34(22-21-32(33)25-31)40-29-41(45-28-35-13-7-10-18-44(35)50-45)48-46(47-40)36-23-24-43-39(27-36)38-16-8-9-17-42(38)49(43)37-14-5-2-6-15-37/h1-29H. The first-order chi connectivity index (χ1) is 24.7. The molecule has 0 radical (unpaired) electrons. The minimum atomic E-state index is 0.649. The third-order valence-corrected chi connectivity index (χ3v) is 9.59. The van der Waals surface area contributed by atoms with Gasteiger partial charge in [-0.05, 0) is 88.6 Å². The van der Waals surface area contributed by atoms with E-state index in [-0.39, 0.29) is 0 Å². The van der Waals surface area contributed by atoms with E-state index in [1.807, 2.05) is 30.3 Å². The molecule has 234 valence electrons. The van der Waals surface area contributed by atoms with Crippen molar-refractivity contribution in [1.29, 1.82) is 0 Å². The molecule has 0 aliphatic carbocycles. The molecular weight excluding hydrogens is 611 g/mol. The zero-order chi connectivity index (χ0) is 33.0. The molecule has 10 aromatic rings. The van der Waals surface area contributed by atoms with E-state index in [0.717, 1.165) is 61.0 Å². The van der Waals surface area contributed by atoms with Crippen molar-refractivity contribution in [3.63, 3.8) is 0 Å². The summed E-state index contributed by atoms with van der Waals surface area (Å²) in [6.07, 6.45) is 0. The number of fused-ring (bicyclic) bond motifs is 5. The van der Waals surface area contributed by atoms with Gasteiger partial charge in [0.25, 0.3) is 0 Å². The molecule has 10 rings (SSSR count). The molecule has 0 fully saturated rings. The Balaban J connectivity index is 1.15. The van der Waals surface area contributed by atoms with Gasteiger partial charge in [-0.15, -0.1) is 0 Å². The number of hydrogen-bond acceptors (Lipinski definition) is 3. The summed E-state index contributed by atoms with van der Waals surface area (Å²) in [6, 6.07) is 61.5. The number of furan rings is 1. The van der Waals surface area contributed by atoms with Crippen LogP contribution in [0, 0.1) is 0 Å². The van der Waals surface area contributed by atoms with Crippen LogP contribution in [0.5, 0.6) is 0 Å². The fourth-order valence-electron chi connectivity index (χ4n) is 7.14. The van der Waals surface area contributed by atoms with Gasteiger partial charge in [0, 0.05) is 33.0 Å². The first kappa shape index (κ1) is 28.3. The summed E-state index contributed by atoms with van der Waals surface area (Å²) in [4.78, 5) is 10.4. The zero-order valence-electron chi connectivity index (χ0n) is 27.0. The molecule has 0 N–H and O–H groups in total. The molecule has 50 heavy (non-hydrogen) atoms. The van der Waals surface area contributed by atoms with E-state index in [0.29, 0.717) is 11.6 Å². The van der Waals surface area contributed by atoms with Crippen molar-refractivity contribution >= 4 is 43.5 Å². The van der Waals surface area contributed by atoms with Gasteiger partial charge in [0.15, 0.2) is 11.6 Å². The molecule has 4 nitrogen and oxygen atoms in total. The van der Waals surface area contributed by atoms with Crippen molar-refractivity contribution in [3.05, 3.63) is 176 Å². The monoisotopic (exact) mass is 639 g/mol. The van der Waals surface area contributed by atoms with Crippen LogP contribution in [-0.4, -0.2) is 14.5 Å². The number of hydrogen-bond donors (Lipinski definition) is 0. The quantitative estimate of drug-likeness (QED) is 0.188. The van der Waals surface area contributed by atoms with Crippen molar-refractivity contribution in [3.8, 4) is 50.9 Å². The molecule has 0 atom stereocenters. The third kappa shape index (κ3) is 4.77. The minimum absolute atomic E-state index is 0.649. The number of rotatable bonds is 5. The van der Waals surface area contributed by atoms with Gasteiger partial charge in [-0.1, -0.05) is 109 Å². The van der Waals surface area contributed by atoms with Crippen molar-refractivity contribution < 1.29 is 4.42 Å². The number of benzene rings is 7. The number of para-hydroxylation sites is 3. The molecule has 0 saturated carbocycles. The van der Waals surface area contributed by atoms with Crippen molar-refractivity contribution in [1.82, 2.24) is 14.5 Å². The predicted octanol–water partition coefficient (Wildman–Crippen LogP) is 12.1. The Morgan fingerprint density at radius 1 is 0.400 bits per heavy atom. The Bertz CT molecular complexity index is 2830. The maximum Gasteiger partial charge on any atom is 0.160 e. The lowest BCUT2D eigenvalue weighted by Crippen LogP contribution is -1.96. The first-order valence-corrected chi connectivity index (χ1v) is 16.8. The van der Waals surface area contributed by atoms with E-state index in [1.54, 1.807) is 0 Å². The van der Waals surface area contributed by atoms with Gasteiger partial charge in [-0.3, -0.25) is 0 Å². The highest BCUT2D eigenvalue weighted by Crippen LogP contribution is 2.37. The Morgan fingerprint density at radius 2 is 1.06 bits per heavy atom. The molecule has 0 amide bonds. The van der Waals surface area contributed by atoms with E-state index in [2.05, 4.69) is 150 Å². The second kappa shape index (κ2) is 11.4. The van der Waals surface area contributed by atoms with Crippen LogP contribution in [-0.2, 0) is 0 Å². The Hall–Kier alpha value is -6.78. The predicted molar refractivity (Wildman–Crippen MR) is 205 cm³/mol. The maximum atomic E-state index is 6.35. The van der Waals surface area contributed by atoms with Crippen LogP contribution in [0.25, 0.3) is 94.5 Å². The molecule has 0 bridgehead atoms. The average Bonchev–Trinajstić information content (AvgIpc) is 3.77. The second-order valence-electron chi connectivity index (χ2n) is 12.7. The maximum absolute atomic E-state index is 6.35. The summed E-state index contributed by atoms with van der Waals surface area (Å²) in [7, 11) is 0. The fraction of sp³-hybridized carbons (Fsp3) is 0. The molecule has 0 unspecified atom stereocenters. The highest BCUT2D eigenvalue weighted by atomic mass is 16.3. The lowest BCUT2D eigenvalue weighted by atomic mass is 9.99. The molecule has 0 saturated heterocycles. The SMILES string of the molecule is c1ccc(-c2ccc3cc(-c4cc(-c5cc6ccccc6o5)nc(-c5ccc6c(c5)c5ccccc5n6-c5ccccc5)n4)ccc3c2)cc1. The van der Waals surface area contributed by atoms with Crippen LogP contribution >= 0.6 is 0 Å². The van der Waals surface area contributed by atoms with Crippen LogP contribution < -0.4 is 0 Å². The summed E-state index contributed by atoms with van der Waals surface area (Å²) in [6.45, 7) is 0. The molecule has 0 aliphatic heterocycles. The van der Waals surface area contributed by atoms with Crippen LogP contribution in [0.2, 0.25) is 0 Å². The lowest BCUT2D eigenvalue weighted by molar-refractivity contribution is 0.628. The Labute approximate surface area is 288 Å². The molecule has 0 aliphatic rings. The van der Waals surface area contributed by atoms with Crippen LogP contribution in [0.3, 0.4) is 0 Å². The van der Waals surface area contributed by atoms with Crippen molar-refractivity contribution in [2.75, 3.05) is 0 Å². The van der Waals surface area contributed by atoms with E-state index in [4.69, 9.17) is 14.4 Å². The number of aromatic nitrogens is 3. The van der Waals surface area contributed by atoms with Crippen LogP contribution in [0.1, 0.15) is 0 Å². The summed E-state index contributed by atoms with van der Waals surface area (Å²) >= 11 is 0. The molecule has 3 aromatic heterocycles. The zero-order valence-corrected chi connectivity index (χ0v) is 27.0. The van der Waals surface area contributed by atoms with Crippen LogP contribution in [0.15, 0.2) is 180 Å². The molecular formula is C46H29N3O.